The Morgan fingerprint density at radius 2 is 1.91 bits per heavy atom. The highest BCUT2D eigenvalue weighted by atomic mass is 32.2. The number of nitrogens with one attached hydrogen (secondary N) is 1. The molecule has 2 saturated carbocycles. The van der Waals surface area contributed by atoms with Gasteiger partial charge < -0.3 is 25.4 Å². The third kappa shape index (κ3) is 4.25. The second kappa shape index (κ2) is 9.05. The topological polar surface area (TPSA) is 138 Å². The summed E-state index contributed by atoms with van der Waals surface area (Å²) >= 11 is 1.55. The lowest BCUT2D eigenvalue weighted by molar-refractivity contribution is -0.0253. The van der Waals surface area contributed by atoms with Crippen molar-refractivity contribution in [3.63, 3.8) is 0 Å². The third-order valence-electron chi connectivity index (χ3n) is 6.33. The van der Waals surface area contributed by atoms with Gasteiger partial charge in [0.05, 0.1) is 19.3 Å². The maximum atomic E-state index is 10.4. The fourth-order valence-corrected chi connectivity index (χ4v) is 5.06. The maximum Gasteiger partial charge on any atom is 0.191 e. The highest BCUT2D eigenvalue weighted by molar-refractivity contribution is 7.99. The van der Waals surface area contributed by atoms with Crippen LogP contribution in [0.1, 0.15) is 43.7 Å². The Kier molecular flexibility index (Phi) is 6.12. The summed E-state index contributed by atoms with van der Waals surface area (Å²) in [6, 6.07) is 7.70. The number of aliphatic hydroxyl groups excluding tert-OH is 3. The number of thioether (sulfide) groups is 1. The standard InChI is InChI=1S/C22H28N6O4S/c1-3-8-33-22-24-20(23-14-9-13(14)11-4-6-12(32-2)7-5-11)17-21(25-22)28(27-26-17)15-10-16(29)19(31)18(15)30/h4-7,13-16,18-19,29-31H,3,8-10H2,1-2H3,(H,23,24,25)/t13?,14?,15-,16+,18+,19-/m1/s1. The lowest BCUT2D eigenvalue weighted by Gasteiger charge is -2.16. The smallest absolute Gasteiger partial charge is 0.191 e. The van der Waals surface area contributed by atoms with E-state index >= 15 is 0 Å². The average molecular weight is 473 g/mol. The molecule has 2 aliphatic carbocycles. The average Bonchev–Trinajstić information content (AvgIpc) is 3.39. The number of rotatable bonds is 8. The number of anilines is 1. The van der Waals surface area contributed by atoms with E-state index in [4.69, 9.17) is 9.72 Å². The van der Waals surface area contributed by atoms with Gasteiger partial charge in [0.2, 0.25) is 0 Å². The fourth-order valence-electron chi connectivity index (χ4n) is 4.37. The van der Waals surface area contributed by atoms with E-state index in [1.807, 2.05) is 12.1 Å². The van der Waals surface area contributed by atoms with Crippen molar-refractivity contribution in [3.8, 4) is 5.75 Å². The van der Waals surface area contributed by atoms with Crippen LogP contribution in [-0.2, 0) is 0 Å². The molecule has 10 nitrogen and oxygen atoms in total. The maximum absolute atomic E-state index is 10.4. The Morgan fingerprint density at radius 1 is 1.12 bits per heavy atom. The monoisotopic (exact) mass is 472 g/mol. The minimum Gasteiger partial charge on any atom is -0.497 e. The van der Waals surface area contributed by atoms with Gasteiger partial charge in [-0.2, -0.15) is 0 Å². The van der Waals surface area contributed by atoms with Gasteiger partial charge in [-0.05, 0) is 30.5 Å². The molecule has 0 aliphatic heterocycles. The summed E-state index contributed by atoms with van der Waals surface area (Å²) < 4.78 is 6.76. The van der Waals surface area contributed by atoms with Crippen LogP contribution in [0.4, 0.5) is 5.82 Å². The van der Waals surface area contributed by atoms with Crippen LogP contribution in [0.2, 0.25) is 0 Å². The highest BCUT2D eigenvalue weighted by Crippen LogP contribution is 2.44. The first kappa shape index (κ1) is 22.3. The summed E-state index contributed by atoms with van der Waals surface area (Å²) in [5.41, 5.74) is 2.23. The van der Waals surface area contributed by atoms with Gasteiger partial charge in [-0.15, -0.1) is 5.10 Å². The number of ether oxygens (including phenoxy) is 1. The molecule has 3 aromatic rings. The fraction of sp³-hybridized carbons (Fsp3) is 0.545. The summed E-state index contributed by atoms with van der Waals surface area (Å²) in [6.45, 7) is 2.10. The molecule has 6 atom stereocenters. The molecule has 176 valence electrons. The highest BCUT2D eigenvalue weighted by Gasteiger charge is 2.43. The Labute approximate surface area is 195 Å². The number of fused-ring (bicyclic) bond motifs is 1. The number of aromatic nitrogens is 5. The first-order valence-corrected chi connectivity index (χ1v) is 12.2. The molecule has 2 unspecified atom stereocenters. The Hall–Kier alpha value is -2.47. The molecule has 0 radical (unpaired) electrons. The van der Waals surface area contributed by atoms with Gasteiger partial charge >= 0.3 is 0 Å². The quantitative estimate of drug-likeness (QED) is 0.283. The van der Waals surface area contributed by atoms with Gasteiger partial charge in [0.1, 0.15) is 18.0 Å². The SMILES string of the molecule is CCCSc1nc(NC2CC2c2ccc(OC)cc2)c2nnn([C@@H]3C[C@H](O)[C@@H](O)[C@H]3O)c2n1. The van der Waals surface area contributed by atoms with Crippen molar-refractivity contribution in [2.45, 2.75) is 67.7 Å². The predicted octanol–water partition coefficient (Wildman–Crippen LogP) is 1.73. The zero-order valence-electron chi connectivity index (χ0n) is 18.5. The Bertz CT molecular complexity index is 1130. The van der Waals surface area contributed by atoms with Crippen molar-refractivity contribution >= 4 is 28.7 Å². The molecule has 5 rings (SSSR count). The molecule has 2 heterocycles. The summed E-state index contributed by atoms with van der Waals surface area (Å²) in [6.07, 6.45) is -1.26. The van der Waals surface area contributed by atoms with Crippen LogP contribution in [0.25, 0.3) is 11.2 Å². The van der Waals surface area contributed by atoms with Crippen molar-refractivity contribution in [1.29, 1.82) is 0 Å². The normalized spacial score (nSPS) is 28.9. The number of aliphatic hydroxyl groups is 3. The lowest BCUT2D eigenvalue weighted by Crippen LogP contribution is -2.31. The van der Waals surface area contributed by atoms with Gasteiger partial charge in [0.25, 0.3) is 0 Å². The summed E-state index contributed by atoms with van der Waals surface area (Å²) in [5, 5.41) is 43.1. The summed E-state index contributed by atoms with van der Waals surface area (Å²) in [5.74, 6) is 2.68. The van der Waals surface area contributed by atoms with Crippen molar-refractivity contribution in [1.82, 2.24) is 25.0 Å². The van der Waals surface area contributed by atoms with Crippen LogP contribution in [-0.4, -0.2) is 77.5 Å². The Balaban J connectivity index is 1.43. The van der Waals surface area contributed by atoms with Crippen LogP contribution in [0, 0.1) is 0 Å². The van der Waals surface area contributed by atoms with Crippen molar-refractivity contribution in [2.75, 3.05) is 18.2 Å². The number of methoxy groups -OCH3 is 1. The minimum absolute atomic E-state index is 0.174. The van der Waals surface area contributed by atoms with Gasteiger partial charge in [-0.25, -0.2) is 14.6 Å². The summed E-state index contributed by atoms with van der Waals surface area (Å²) in [7, 11) is 1.66. The first-order chi connectivity index (χ1) is 16.0. The molecule has 0 saturated heterocycles. The van der Waals surface area contributed by atoms with Gasteiger partial charge in [-0.3, -0.25) is 0 Å². The second-order valence-electron chi connectivity index (χ2n) is 8.63. The van der Waals surface area contributed by atoms with E-state index in [0.717, 1.165) is 24.3 Å². The number of hydrogen-bond donors (Lipinski definition) is 4. The largest absolute Gasteiger partial charge is 0.497 e. The van der Waals surface area contributed by atoms with Crippen LogP contribution < -0.4 is 10.1 Å². The van der Waals surface area contributed by atoms with Crippen molar-refractivity contribution in [3.05, 3.63) is 29.8 Å². The van der Waals surface area contributed by atoms with E-state index in [-0.39, 0.29) is 12.5 Å². The van der Waals surface area contributed by atoms with Crippen LogP contribution in [0.3, 0.4) is 0 Å². The number of benzene rings is 1. The molecule has 4 N–H and O–H groups in total. The first-order valence-electron chi connectivity index (χ1n) is 11.2. The molecule has 0 spiro atoms. The van der Waals surface area contributed by atoms with Gasteiger partial charge in [0.15, 0.2) is 22.1 Å². The van der Waals surface area contributed by atoms with Crippen LogP contribution in [0.15, 0.2) is 29.4 Å². The summed E-state index contributed by atoms with van der Waals surface area (Å²) in [4.78, 5) is 9.35. The zero-order valence-corrected chi connectivity index (χ0v) is 19.3. The zero-order chi connectivity index (χ0) is 23.1. The van der Waals surface area contributed by atoms with E-state index in [0.29, 0.717) is 28.1 Å². The molecular weight excluding hydrogens is 444 g/mol. The minimum atomic E-state index is -1.22. The van der Waals surface area contributed by atoms with E-state index in [9.17, 15) is 15.3 Å². The molecule has 0 bridgehead atoms. The van der Waals surface area contributed by atoms with E-state index in [1.165, 1.54) is 10.2 Å². The second-order valence-corrected chi connectivity index (χ2v) is 9.69. The van der Waals surface area contributed by atoms with Crippen molar-refractivity contribution in [2.24, 2.45) is 0 Å². The Morgan fingerprint density at radius 3 is 2.58 bits per heavy atom. The number of hydrogen-bond acceptors (Lipinski definition) is 10. The lowest BCUT2D eigenvalue weighted by atomic mass is 10.1. The van der Waals surface area contributed by atoms with E-state index < -0.39 is 24.4 Å². The van der Waals surface area contributed by atoms with E-state index in [2.05, 4.69) is 39.7 Å². The molecule has 2 aromatic heterocycles. The molecular formula is C22H28N6O4S. The third-order valence-corrected chi connectivity index (χ3v) is 7.38. The van der Waals surface area contributed by atoms with Crippen LogP contribution in [0.5, 0.6) is 5.75 Å². The molecule has 0 amide bonds. The predicted molar refractivity (Wildman–Crippen MR) is 124 cm³/mol. The van der Waals surface area contributed by atoms with Crippen molar-refractivity contribution < 1.29 is 20.1 Å². The molecule has 1 aromatic carbocycles. The molecule has 11 heteroatoms. The van der Waals surface area contributed by atoms with Gasteiger partial charge in [0, 0.05) is 24.1 Å². The van der Waals surface area contributed by atoms with Gasteiger partial charge in [-0.1, -0.05) is 36.0 Å². The molecule has 2 fully saturated rings. The number of nitrogens with zero attached hydrogens (tertiary/aromatic N) is 5. The van der Waals surface area contributed by atoms with Crippen LogP contribution >= 0.6 is 11.8 Å². The molecule has 2 aliphatic rings. The molecule has 33 heavy (non-hydrogen) atoms. The van der Waals surface area contributed by atoms with E-state index in [1.54, 1.807) is 18.9 Å².